The van der Waals surface area contributed by atoms with Crippen molar-refractivity contribution in [2.45, 2.75) is 6.54 Å². The Morgan fingerprint density at radius 1 is 0.931 bits per heavy atom. The van der Waals surface area contributed by atoms with Crippen LogP contribution in [0.25, 0.3) is 0 Å². The zero-order valence-corrected chi connectivity index (χ0v) is 16.5. The van der Waals surface area contributed by atoms with Gasteiger partial charge in [-0.2, -0.15) is 0 Å². The van der Waals surface area contributed by atoms with Gasteiger partial charge in [-0.1, -0.05) is 12.1 Å². The molecule has 1 heterocycles. The summed E-state index contributed by atoms with van der Waals surface area (Å²) in [6.07, 6.45) is 1.64. The molecule has 7 nitrogen and oxygen atoms in total. The van der Waals surface area contributed by atoms with Crippen LogP contribution >= 0.6 is 0 Å². The lowest BCUT2D eigenvalue weighted by Crippen LogP contribution is -2.29. The van der Waals surface area contributed by atoms with Gasteiger partial charge in [0.1, 0.15) is 22.8 Å². The van der Waals surface area contributed by atoms with Crippen LogP contribution in [0.4, 0.5) is 5.69 Å². The van der Waals surface area contributed by atoms with E-state index in [1.54, 1.807) is 37.6 Å². The number of carbonyl (C=O) groups is 1. The second kappa shape index (κ2) is 8.97. The van der Waals surface area contributed by atoms with Gasteiger partial charge in [-0.3, -0.25) is 9.59 Å². The van der Waals surface area contributed by atoms with Crippen molar-refractivity contribution in [3.05, 3.63) is 82.3 Å². The Balaban J connectivity index is 1.87. The van der Waals surface area contributed by atoms with Crippen molar-refractivity contribution in [1.29, 1.82) is 0 Å². The molecule has 0 unspecified atom stereocenters. The van der Waals surface area contributed by atoms with Crippen LogP contribution in [0.15, 0.2) is 65.6 Å². The van der Waals surface area contributed by atoms with E-state index in [0.717, 1.165) is 5.56 Å². The molecule has 1 aromatic heterocycles. The van der Waals surface area contributed by atoms with Crippen molar-refractivity contribution < 1.29 is 19.0 Å². The van der Waals surface area contributed by atoms with Gasteiger partial charge in [-0.05, 0) is 42.0 Å². The van der Waals surface area contributed by atoms with Gasteiger partial charge in [0.25, 0.3) is 11.5 Å². The number of hydrogen-bond acceptors (Lipinski definition) is 5. The maximum atomic E-state index is 12.9. The van der Waals surface area contributed by atoms with E-state index in [9.17, 15) is 9.59 Å². The number of anilines is 1. The maximum Gasteiger partial charge on any atom is 0.263 e. The topological polar surface area (TPSA) is 78.8 Å². The van der Waals surface area contributed by atoms with E-state index >= 15 is 0 Å². The minimum Gasteiger partial charge on any atom is -0.497 e. The first kappa shape index (κ1) is 20.0. The summed E-state index contributed by atoms with van der Waals surface area (Å²) in [5, 5.41) is 2.73. The molecule has 1 N–H and O–H groups in total. The van der Waals surface area contributed by atoms with Crippen LogP contribution in [0.5, 0.6) is 17.2 Å². The fraction of sp³-hybridized carbons (Fsp3) is 0.182. The van der Waals surface area contributed by atoms with Crippen molar-refractivity contribution in [1.82, 2.24) is 4.57 Å². The molecule has 0 saturated carbocycles. The average Bonchev–Trinajstić information content (AvgIpc) is 2.75. The van der Waals surface area contributed by atoms with E-state index in [-0.39, 0.29) is 5.56 Å². The molecule has 0 aliphatic rings. The quantitative estimate of drug-likeness (QED) is 0.666. The molecule has 0 fully saturated rings. The molecule has 0 aliphatic heterocycles. The number of carbonyl (C=O) groups excluding carboxylic acids is 1. The Hall–Kier alpha value is -3.74. The lowest BCUT2D eigenvalue weighted by Gasteiger charge is -2.12. The van der Waals surface area contributed by atoms with E-state index in [0.29, 0.717) is 29.5 Å². The first-order valence-electron chi connectivity index (χ1n) is 8.91. The van der Waals surface area contributed by atoms with Crippen molar-refractivity contribution in [2.75, 3.05) is 26.6 Å². The highest BCUT2D eigenvalue weighted by molar-refractivity contribution is 6.04. The van der Waals surface area contributed by atoms with Crippen molar-refractivity contribution in [3.63, 3.8) is 0 Å². The zero-order chi connectivity index (χ0) is 20.8. The van der Waals surface area contributed by atoms with Gasteiger partial charge in [-0.15, -0.1) is 0 Å². The van der Waals surface area contributed by atoms with Crippen LogP contribution in [0.2, 0.25) is 0 Å². The summed E-state index contributed by atoms with van der Waals surface area (Å²) < 4.78 is 17.2. The van der Waals surface area contributed by atoms with Crippen molar-refractivity contribution >= 4 is 11.6 Å². The van der Waals surface area contributed by atoms with Crippen molar-refractivity contribution in [3.8, 4) is 17.2 Å². The number of amides is 1. The number of ether oxygens (including phenoxy) is 3. The summed E-state index contributed by atoms with van der Waals surface area (Å²) in [4.78, 5) is 25.6. The summed E-state index contributed by atoms with van der Waals surface area (Å²) in [5.41, 5.74) is 0.938. The van der Waals surface area contributed by atoms with Crippen molar-refractivity contribution in [2.24, 2.45) is 0 Å². The molecule has 29 heavy (non-hydrogen) atoms. The highest BCUT2D eigenvalue weighted by atomic mass is 16.5. The molecule has 0 bridgehead atoms. The predicted octanol–water partition coefficient (Wildman–Crippen LogP) is 3.17. The van der Waals surface area contributed by atoms with E-state index < -0.39 is 11.5 Å². The molecule has 0 spiro atoms. The van der Waals surface area contributed by atoms with E-state index in [1.807, 2.05) is 24.3 Å². The highest BCUT2D eigenvalue weighted by Crippen LogP contribution is 2.29. The van der Waals surface area contributed by atoms with Gasteiger partial charge in [0.2, 0.25) is 0 Å². The number of rotatable bonds is 7. The second-order valence-corrected chi connectivity index (χ2v) is 6.23. The average molecular weight is 394 g/mol. The molecule has 2 aromatic carbocycles. The van der Waals surface area contributed by atoms with Crippen LogP contribution in [-0.2, 0) is 6.54 Å². The number of nitrogens with one attached hydrogen (secondary N) is 1. The molecule has 150 valence electrons. The van der Waals surface area contributed by atoms with E-state index in [4.69, 9.17) is 14.2 Å². The second-order valence-electron chi connectivity index (χ2n) is 6.23. The first-order chi connectivity index (χ1) is 14.0. The third-order valence-corrected chi connectivity index (χ3v) is 4.41. The smallest absolute Gasteiger partial charge is 0.263 e. The largest absolute Gasteiger partial charge is 0.497 e. The Bertz CT molecular complexity index is 1070. The molecule has 7 heteroatoms. The van der Waals surface area contributed by atoms with Gasteiger partial charge >= 0.3 is 0 Å². The molecule has 0 radical (unpaired) electrons. The Labute approximate surface area is 168 Å². The SMILES string of the molecule is COc1cccc(Cn2cccc(C(=O)Nc3cc(OC)ccc3OC)c2=O)c1. The van der Waals surface area contributed by atoms with Crippen LogP contribution in [0.3, 0.4) is 0 Å². The summed E-state index contributed by atoms with van der Waals surface area (Å²) >= 11 is 0. The van der Waals surface area contributed by atoms with E-state index in [1.165, 1.54) is 24.9 Å². The molecular formula is C22H22N2O5. The molecule has 0 saturated heterocycles. The van der Waals surface area contributed by atoms with Gasteiger partial charge in [0, 0.05) is 12.3 Å². The molecule has 0 atom stereocenters. The molecule has 3 aromatic rings. The molecular weight excluding hydrogens is 372 g/mol. The van der Waals surface area contributed by atoms with Gasteiger partial charge in [0.05, 0.1) is 33.6 Å². The normalized spacial score (nSPS) is 10.3. The number of methoxy groups -OCH3 is 3. The zero-order valence-electron chi connectivity index (χ0n) is 16.5. The molecule has 3 rings (SSSR count). The lowest BCUT2D eigenvalue weighted by molar-refractivity contribution is 0.102. The van der Waals surface area contributed by atoms with Crippen LogP contribution < -0.4 is 25.1 Å². The number of aromatic nitrogens is 1. The van der Waals surface area contributed by atoms with Crippen LogP contribution in [0.1, 0.15) is 15.9 Å². The summed E-state index contributed by atoms with van der Waals surface area (Å²) in [7, 11) is 4.62. The third-order valence-electron chi connectivity index (χ3n) is 4.41. The fourth-order valence-corrected chi connectivity index (χ4v) is 2.90. The monoisotopic (exact) mass is 394 g/mol. The van der Waals surface area contributed by atoms with Gasteiger partial charge in [0.15, 0.2) is 0 Å². The number of hydrogen-bond donors (Lipinski definition) is 1. The maximum absolute atomic E-state index is 12.9. The Morgan fingerprint density at radius 2 is 1.69 bits per heavy atom. The van der Waals surface area contributed by atoms with E-state index in [2.05, 4.69) is 5.32 Å². The number of benzene rings is 2. The third kappa shape index (κ3) is 4.57. The van der Waals surface area contributed by atoms with Crippen LogP contribution in [-0.4, -0.2) is 31.8 Å². The number of nitrogens with zero attached hydrogens (tertiary/aromatic N) is 1. The molecule has 0 aliphatic carbocycles. The number of pyridine rings is 1. The van der Waals surface area contributed by atoms with Crippen LogP contribution in [0, 0.1) is 0 Å². The first-order valence-corrected chi connectivity index (χ1v) is 8.91. The minimum atomic E-state index is -0.526. The lowest BCUT2D eigenvalue weighted by atomic mass is 10.2. The summed E-state index contributed by atoms with van der Waals surface area (Å²) in [6.45, 7) is 0.319. The highest BCUT2D eigenvalue weighted by Gasteiger charge is 2.15. The summed E-state index contributed by atoms with van der Waals surface area (Å²) in [6, 6.07) is 15.6. The minimum absolute atomic E-state index is 0.0280. The van der Waals surface area contributed by atoms with Gasteiger partial charge in [-0.25, -0.2) is 0 Å². The molecule has 1 amide bonds. The fourth-order valence-electron chi connectivity index (χ4n) is 2.90. The Morgan fingerprint density at radius 3 is 2.41 bits per heavy atom. The standard InChI is InChI=1S/C22H22N2O5/c1-27-16-7-4-6-15(12-16)14-24-11-5-8-18(22(24)26)21(25)23-19-13-17(28-2)9-10-20(19)29-3/h4-13H,14H2,1-3H3,(H,23,25). The summed E-state index contributed by atoms with van der Waals surface area (Å²) in [5.74, 6) is 1.20. The Kier molecular flexibility index (Phi) is 6.19. The van der Waals surface area contributed by atoms with Gasteiger partial charge < -0.3 is 24.1 Å². The predicted molar refractivity (Wildman–Crippen MR) is 110 cm³/mol.